The zero-order valence-electron chi connectivity index (χ0n) is 7.48. The summed E-state index contributed by atoms with van der Waals surface area (Å²) in [4.78, 5) is 10.7. The lowest BCUT2D eigenvalue weighted by molar-refractivity contribution is -0.577. The lowest BCUT2D eigenvalue weighted by Crippen LogP contribution is -2.28. The van der Waals surface area contributed by atoms with Gasteiger partial charge >= 0.3 is 5.97 Å². The molecule has 0 fully saturated rings. The van der Waals surface area contributed by atoms with E-state index in [1.807, 2.05) is 0 Å². The lowest BCUT2D eigenvalue weighted by Gasteiger charge is -2.03. The molecule has 0 aliphatic heterocycles. The Morgan fingerprint density at radius 1 is 1.40 bits per heavy atom. The maximum absolute atomic E-state index is 11.5. The molecule has 0 unspecified atom stereocenters. The van der Waals surface area contributed by atoms with Crippen LogP contribution in [0, 0.1) is 5.21 Å². The summed E-state index contributed by atoms with van der Waals surface area (Å²) in [6, 6.07) is 6.14. The Morgan fingerprint density at radius 2 is 2.13 bits per heavy atom. The predicted molar refractivity (Wildman–Crippen MR) is 54.9 cm³/mol. The largest absolute Gasteiger partial charge is 0.618 e. The zero-order valence-corrected chi connectivity index (χ0v) is 8.23. The Bertz CT molecular complexity index is 554. The first-order chi connectivity index (χ1) is 7.08. The van der Waals surface area contributed by atoms with E-state index in [1.54, 1.807) is 12.1 Å². The number of hydrogen-bond donors (Lipinski definition) is 1. The molecular weight excluding hydrogens is 218 g/mol. The minimum Gasteiger partial charge on any atom is -0.618 e. The summed E-state index contributed by atoms with van der Waals surface area (Å²) in [5.41, 5.74) is 0.312. The Balaban J connectivity index is 2.78. The molecule has 0 atom stereocenters. The highest BCUT2D eigenvalue weighted by Gasteiger charge is 2.11. The highest BCUT2D eigenvalue weighted by molar-refractivity contribution is 6.31. The van der Waals surface area contributed by atoms with Crippen molar-refractivity contribution in [3.8, 4) is 0 Å². The average molecular weight is 224 g/mol. The molecule has 0 bridgehead atoms. The topological polar surface area (TPSA) is 64.2 Å². The van der Waals surface area contributed by atoms with Gasteiger partial charge in [0.25, 0.3) is 0 Å². The van der Waals surface area contributed by atoms with Gasteiger partial charge in [0, 0.05) is 16.5 Å². The van der Waals surface area contributed by atoms with Crippen LogP contribution in [0.3, 0.4) is 0 Å². The van der Waals surface area contributed by atoms with Gasteiger partial charge in [-0.05, 0) is 18.2 Å². The Morgan fingerprint density at radius 3 is 2.80 bits per heavy atom. The van der Waals surface area contributed by atoms with Gasteiger partial charge in [-0.25, -0.2) is 4.79 Å². The van der Waals surface area contributed by atoms with Crippen molar-refractivity contribution in [3.63, 3.8) is 0 Å². The molecular formula is C10H6ClNO3. The predicted octanol–water partition coefficient (Wildman–Crippen LogP) is 1.82. The molecule has 15 heavy (non-hydrogen) atoms. The molecule has 0 saturated carbocycles. The molecule has 4 nitrogen and oxygen atoms in total. The second-order valence-corrected chi connectivity index (χ2v) is 3.50. The molecule has 2 rings (SSSR count). The molecule has 0 aliphatic carbocycles. The van der Waals surface area contributed by atoms with Crippen molar-refractivity contribution in [1.82, 2.24) is 0 Å². The van der Waals surface area contributed by atoms with Gasteiger partial charge in [-0.3, -0.25) is 0 Å². The number of carboxylic acids is 1. The molecule has 1 aromatic carbocycles. The van der Waals surface area contributed by atoms with Crippen LogP contribution in [0.1, 0.15) is 10.4 Å². The van der Waals surface area contributed by atoms with E-state index in [-0.39, 0.29) is 5.56 Å². The van der Waals surface area contributed by atoms with Gasteiger partial charge in [0.1, 0.15) is 5.56 Å². The SMILES string of the molecule is O=C(O)c1cc2ccc(Cl)cc2[n+]([O-])c1. The van der Waals surface area contributed by atoms with Crippen LogP contribution in [0.15, 0.2) is 30.5 Å². The number of carboxylic acid groups (broad SMARTS) is 1. The van der Waals surface area contributed by atoms with Crippen LogP contribution in [-0.4, -0.2) is 11.1 Å². The maximum atomic E-state index is 11.5. The summed E-state index contributed by atoms with van der Waals surface area (Å²) in [5, 5.41) is 21.2. The van der Waals surface area contributed by atoms with Crippen LogP contribution < -0.4 is 4.73 Å². The van der Waals surface area contributed by atoms with E-state index in [0.717, 1.165) is 6.20 Å². The molecule has 0 amide bonds. The molecule has 5 heteroatoms. The quantitative estimate of drug-likeness (QED) is 0.593. The third-order valence-corrected chi connectivity index (χ3v) is 2.28. The van der Waals surface area contributed by atoms with Gasteiger partial charge in [-0.15, -0.1) is 0 Å². The van der Waals surface area contributed by atoms with Crippen molar-refractivity contribution in [2.45, 2.75) is 0 Å². The number of aromatic nitrogens is 1. The second kappa shape index (κ2) is 3.40. The molecule has 0 aliphatic rings. The standard InChI is InChI=1S/C10H6ClNO3/c11-8-2-1-6-3-7(10(13)14)5-12(15)9(6)4-8/h1-5H,(H,13,14). The normalized spacial score (nSPS) is 10.5. The van der Waals surface area contributed by atoms with Crippen molar-refractivity contribution in [2.75, 3.05) is 0 Å². The van der Waals surface area contributed by atoms with Crippen LogP contribution in [-0.2, 0) is 0 Å². The Labute approximate surface area is 89.9 Å². The van der Waals surface area contributed by atoms with E-state index in [0.29, 0.717) is 20.7 Å². The van der Waals surface area contributed by atoms with Gasteiger partial charge in [0.05, 0.1) is 0 Å². The third-order valence-electron chi connectivity index (χ3n) is 2.04. The number of aromatic carboxylic acids is 1. The number of hydrogen-bond acceptors (Lipinski definition) is 2. The first-order valence-electron chi connectivity index (χ1n) is 4.14. The molecule has 0 spiro atoms. The monoisotopic (exact) mass is 223 g/mol. The molecule has 1 heterocycles. The number of carbonyl (C=O) groups is 1. The van der Waals surface area contributed by atoms with Gasteiger partial charge in [0.15, 0.2) is 6.20 Å². The van der Waals surface area contributed by atoms with E-state index < -0.39 is 5.97 Å². The number of nitrogens with zero attached hydrogens (tertiary/aromatic N) is 1. The first kappa shape index (κ1) is 9.73. The summed E-state index contributed by atoms with van der Waals surface area (Å²) in [6.45, 7) is 0. The molecule has 1 N–H and O–H groups in total. The van der Waals surface area contributed by atoms with Crippen molar-refractivity contribution in [1.29, 1.82) is 0 Å². The smallest absolute Gasteiger partial charge is 0.341 e. The first-order valence-corrected chi connectivity index (χ1v) is 4.51. The highest BCUT2D eigenvalue weighted by Crippen LogP contribution is 2.17. The van der Waals surface area contributed by atoms with Crippen LogP contribution in [0.4, 0.5) is 0 Å². The fourth-order valence-electron chi connectivity index (χ4n) is 1.35. The molecule has 2 aromatic rings. The zero-order chi connectivity index (χ0) is 11.0. The van der Waals surface area contributed by atoms with Crippen LogP contribution in [0.5, 0.6) is 0 Å². The molecule has 1 aromatic heterocycles. The Hall–Kier alpha value is -1.81. The number of pyridine rings is 1. The maximum Gasteiger partial charge on any atom is 0.341 e. The van der Waals surface area contributed by atoms with E-state index in [2.05, 4.69) is 0 Å². The summed E-state index contributed by atoms with van der Waals surface area (Å²) in [7, 11) is 0. The van der Waals surface area contributed by atoms with E-state index in [1.165, 1.54) is 12.1 Å². The number of fused-ring (bicyclic) bond motifs is 1. The highest BCUT2D eigenvalue weighted by atomic mass is 35.5. The molecule has 0 radical (unpaired) electrons. The van der Waals surface area contributed by atoms with Crippen molar-refractivity contribution in [3.05, 3.63) is 46.3 Å². The number of rotatable bonds is 1. The second-order valence-electron chi connectivity index (χ2n) is 3.06. The Kier molecular flexibility index (Phi) is 2.21. The summed E-state index contributed by atoms with van der Waals surface area (Å²) in [6.07, 6.45) is 1.01. The molecule has 76 valence electrons. The van der Waals surface area contributed by atoms with Crippen molar-refractivity contribution >= 4 is 28.5 Å². The van der Waals surface area contributed by atoms with Crippen molar-refractivity contribution in [2.24, 2.45) is 0 Å². The van der Waals surface area contributed by atoms with Gasteiger partial charge in [0.2, 0.25) is 5.52 Å². The van der Waals surface area contributed by atoms with Gasteiger partial charge in [-0.2, -0.15) is 4.73 Å². The third kappa shape index (κ3) is 1.71. The van der Waals surface area contributed by atoms with Crippen LogP contribution in [0.25, 0.3) is 10.9 Å². The van der Waals surface area contributed by atoms with E-state index >= 15 is 0 Å². The van der Waals surface area contributed by atoms with Crippen LogP contribution >= 0.6 is 11.6 Å². The fourth-order valence-corrected chi connectivity index (χ4v) is 1.51. The average Bonchev–Trinajstić information content (AvgIpc) is 2.18. The van der Waals surface area contributed by atoms with E-state index in [4.69, 9.17) is 16.7 Å². The van der Waals surface area contributed by atoms with Gasteiger partial charge < -0.3 is 10.3 Å². The summed E-state index contributed by atoms with van der Waals surface area (Å²) >= 11 is 5.72. The minimum absolute atomic E-state index is 0.0418. The molecule has 0 saturated heterocycles. The summed E-state index contributed by atoms with van der Waals surface area (Å²) in [5.74, 6) is -1.13. The number of benzene rings is 1. The summed E-state index contributed by atoms with van der Waals surface area (Å²) < 4.78 is 0.505. The fraction of sp³-hybridized carbons (Fsp3) is 0. The van der Waals surface area contributed by atoms with Gasteiger partial charge in [-0.1, -0.05) is 11.6 Å². The number of halogens is 1. The van der Waals surface area contributed by atoms with Crippen LogP contribution in [0.2, 0.25) is 5.02 Å². The minimum atomic E-state index is -1.13. The van der Waals surface area contributed by atoms with Crippen molar-refractivity contribution < 1.29 is 14.6 Å². The lowest BCUT2D eigenvalue weighted by atomic mass is 10.1. The van der Waals surface area contributed by atoms with E-state index in [9.17, 15) is 10.0 Å².